The molecule has 1 saturated carbocycles. The molecule has 92 valence electrons. The van der Waals surface area contributed by atoms with Crippen LogP contribution in [0.15, 0.2) is 0 Å². The summed E-state index contributed by atoms with van der Waals surface area (Å²) in [4.78, 5) is 13.5. The molecule has 0 aromatic heterocycles. The van der Waals surface area contributed by atoms with Gasteiger partial charge in [-0.1, -0.05) is 13.8 Å². The van der Waals surface area contributed by atoms with Crippen molar-refractivity contribution in [3.63, 3.8) is 0 Å². The van der Waals surface area contributed by atoms with Gasteiger partial charge in [0.25, 0.3) is 0 Å². The third kappa shape index (κ3) is 2.76. The molecule has 1 saturated heterocycles. The summed E-state index contributed by atoms with van der Waals surface area (Å²) < 4.78 is 0. The second-order valence-electron chi connectivity index (χ2n) is 5.45. The fourth-order valence-electron chi connectivity index (χ4n) is 2.89. The smallest absolute Gasteiger partial charge is 0.222 e. The van der Waals surface area contributed by atoms with Crippen LogP contribution in [0.1, 0.15) is 46.0 Å². The second-order valence-corrected chi connectivity index (χ2v) is 5.45. The highest BCUT2D eigenvalue weighted by atomic mass is 16.2. The number of nitrogens with zero attached hydrogens (tertiary/aromatic N) is 1. The predicted molar refractivity (Wildman–Crippen MR) is 65.2 cm³/mol. The molecule has 1 amide bonds. The Morgan fingerprint density at radius 3 is 2.38 bits per heavy atom. The van der Waals surface area contributed by atoms with Crippen LogP contribution in [-0.2, 0) is 4.79 Å². The van der Waals surface area contributed by atoms with E-state index >= 15 is 0 Å². The highest BCUT2D eigenvalue weighted by molar-refractivity contribution is 5.75. The van der Waals surface area contributed by atoms with E-state index in [2.05, 4.69) is 12.2 Å². The standard InChI is InChI=1S/C13H24N2O/c1-3-13(16)15-6-4-11(5-7-15)14-12-8-10(2)9-12/h10-12,14H,3-9H2,1-2H3. The van der Waals surface area contributed by atoms with E-state index in [0.29, 0.717) is 18.4 Å². The summed E-state index contributed by atoms with van der Waals surface area (Å²) in [6.45, 7) is 6.17. The van der Waals surface area contributed by atoms with Crippen molar-refractivity contribution < 1.29 is 4.79 Å². The Morgan fingerprint density at radius 2 is 1.88 bits per heavy atom. The molecule has 1 heterocycles. The van der Waals surface area contributed by atoms with Gasteiger partial charge in [-0.25, -0.2) is 0 Å². The number of amides is 1. The molecule has 3 nitrogen and oxygen atoms in total. The summed E-state index contributed by atoms with van der Waals surface area (Å²) in [6.07, 6.45) is 5.60. The van der Waals surface area contributed by atoms with Crippen molar-refractivity contribution in [2.45, 2.75) is 58.0 Å². The Labute approximate surface area is 98.6 Å². The quantitative estimate of drug-likeness (QED) is 0.792. The normalized spacial score (nSPS) is 31.2. The minimum atomic E-state index is 0.315. The molecule has 1 aliphatic heterocycles. The zero-order valence-electron chi connectivity index (χ0n) is 10.5. The number of hydrogen-bond acceptors (Lipinski definition) is 2. The van der Waals surface area contributed by atoms with Crippen LogP contribution in [0.25, 0.3) is 0 Å². The molecule has 0 radical (unpaired) electrons. The maximum Gasteiger partial charge on any atom is 0.222 e. The third-order valence-electron chi connectivity index (χ3n) is 4.00. The highest BCUT2D eigenvalue weighted by Gasteiger charge is 2.29. The number of nitrogens with one attached hydrogen (secondary N) is 1. The lowest BCUT2D eigenvalue weighted by Crippen LogP contribution is -2.50. The Bertz CT molecular complexity index is 240. The third-order valence-corrected chi connectivity index (χ3v) is 4.00. The molecule has 0 bridgehead atoms. The summed E-state index contributed by atoms with van der Waals surface area (Å²) >= 11 is 0. The zero-order valence-corrected chi connectivity index (χ0v) is 10.5. The summed E-state index contributed by atoms with van der Waals surface area (Å²) in [7, 11) is 0. The van der Waals surface area contributed by atoms with Crippen LogP contribution in [0.2, 0.25) is 0 Å². The van der Waals surface area contributed by atoms with Crippen molar-refractivity contribution in [3.8, 4) is 0 Å². The first-order chi connectivity index (χ1) is 7.69. The number of carbonyl (C=O) groups excluding carboxylic acids is 1. The van der Waals surface area contributed by atoms with Crippen molar-refractivity contribution in [2.75, 3.05) is 13.1 Å². The molecule has 2 fully saturated rings. The summed E-state index contributed by atoms with van der Waals surface area (Å²) in [5.41, 5.74) is 0. The van der Waals surface area contributed by atoms with Crippen LogP contribution >= 0.6 is 0 Å². The van der Waals surface area contributed by atoms with Crippen molar-refractivity contribution in [3.05, 3.63) is 0 Å². The van der Waals surface area contributed by atoms with E-state index in [4.69, 9.17) is 0 Å². The molecule has 0 aromatic carbocycles. The molecule has 0 atom stereocenters. The monoisotopic (exact) mass is 224 g/mol. The van der Waals surface area contributed by atoms with Crippen LogP contribution in [-0.4, -0.2) is 36.0 Å². The van der Waals surface area contributed by atoms with E-state index in [1.807, 2.05) is 11.8 Å². The first kappa shape index (κ1) is 11.9. The van der Waals surface area contributed by atoms with Gasteiger partial charge in [-0.2, -0.15) is 0 Å². The molecule has 0 spiro atoms. The molecule has 16 heavy (non-hydrogen) atoms. The second kappa shape index (κ2) is 5.17. The largest absolute Gasteiger partial charge is 0.343 e. The van der Waals surface area contributed by atoms with Crippen molar-refractivity contribution in [1.82, 2.24) is 10.2 Å². The van der Waals surface area contributed by atoms with Crippen molar-refractivity contribution in [1.29, 1.82) is 0 Å². The maximum absolute atomic E-state index is 11.5. The van der Waals surface area contributed by atoms with E-state index in [0.717, 1.165) is 37.9 Å². The Balaban J connectivity index is 1.67. The topological polar surface area (TPSA) is 32.3 Å². The van der Waals surface area contributed by atoms with Crippen LogP contribution in [0.5, 0.6) is 0 Å². The molecule has 2 rings (SSSR count). The van der Waals surface area contributed by atoms with Gasteiger partial charge in [0.1, 0.15) is 0 Å². The maximum atomic E-state index is 11.5. The number of carbonyl (C=O) groups is 1. The highest BCUT2D eigenvalue weighted by Crippen LogP contribution is 2.27. The van der Waals surface area contributed by atoms with Gasteiger partial charge >= 0.3 is 0 Å². The van der Waals surface area contributed by atoms with Crippen LogP contribution in [0.4, 0.5) is 0 Å². The molecule has 0 aromatic rings. The molecule has 0 unspecified atom stereocenters. The van der Waals surface area contributed by atoms with E-state index in [-0.39, 0.29) is 0 Å². The van der Waals surface area contributed by atoms with Gasteiger partial charge < -0.3 is 10.2 Å². The molecule has 2 aliphatic rings. The van der Waals surface area contributed by atoms with E-state index in [1.165, 1.54) is 12.8 Å². The lowest BCUT2D eigenvalue weighted by molar-refractivity contribution is -0.132. The van der Waals surface area contributed by atoms with Crippen molar-refractivity contribution in [2.24, 2.45) is 5.92 Å². The number of hydrogen-bond donors (Lipinski definition) is 1. The van der Waals surface area contributed by atoms with E-state index in [9.17, 15) is 4.79 Å². The Hall–Kier alpha value is -0.570. The lowest BCUT2D eigenvalue weighted by Gasteiger charge is -2.39. The minimum absolute atomic E-state index is 0.315. The first-order valence-corrected chi connectivity index (χ1v) is 6.73. The van der Waals surface area contributed by atoms with Gasteiger partial charge in [0.05, 0.1) is 0 Å². The minimum Gasteiger partial charge on any atom is -0.343 e. The molecule has 1 N–H and O–H groups in total. The van der Waals surface area contributed by atoms with Gasteiger partial charge in [-0.3, -0.25) is 4.79 Å². The molecular formula is C13H24N2O. The number of piperidine rings is 1. The van der Waals surface area contributed by atoms with Gasteiger partial charge in [-0.05, 0) is 31.6 Å². The summed E-state index contributed by atoms with van der Waals surface area (Å²) in [5, 5.41) is 3.73. The van der Waals surface area contributed by atoms with Gasteiger partial charge in [-0.15, -0.1) is 0 Å². The molecule has 1 aliphatic carbocycles. The van der Waals surface area contributed by atoms with Crippen LogP contribution < -0.4 is 5.32 Å². The lowest BCUT2D eigenvalue weighted by atomic mass is 9.81. The SMILES string of the molecule is CCC(=O)N1CCC(NC2CC(C)C2)CC1. The van der Waals surface area contributed by atoms with Crippen LogP contribution in [0, 0.1) is 5.92 Å². The average molecular weight is 224 g/mol. The van der Waals surface area contributed by atoms with Gasteiger partial charge in [0, 0.05) is 31.6 Å². The van der Waals surface area contributed by atoms with Crippen LogP contribution in [0.3, 0.4) is 0 Å². The van der Waals surface area contributed by atoms with E-state index in [1.54, 1.807) is 0 Å². The van der Waals surface area contributed by atoms with E-state index < -0.39 is 0 Å². The number of likely N-dealkylation sites (tertiary alicyclic amines) is 1. The molecular weight excluding hydrogens is 200 g/mol. The fourth-order valence-corrected chi connectivity index (χ4v) is 2.89. The number of rotatable bonds is 3. The average Bonchev–Trinajstić information content (AvgIpc) is 2.27. The summed E-state index contributed by atoms with van der Waals surface area (Å²) in [6, 6.07) is 1.41. The van der Waals surface area contributed by atoms with Crippen molar-refractivity contribution >= 4 is 5.91 Å². The Morgan fingerprint density at radius 1 is 1.25 bits per heavy atom. The Kier molecular flexibility index (Phi) is 3.85. The summed E-state index contributed by atoms with van der Waals surface area (Å²) in [5.74, 6) is 1.23. The fraction of sp³-hybridized carbons (Fsp3) is 0.923. The zero-order chi connectivity index (χ0) is 11.5. The first-order valence-electron chi connectivity index (χ1n) is 6.73. The predicted octanol–water partition coefficient (Wildman–Crippen LogP) is 1.78. The molecule has 3 heteroatoms. The van der Waals surface area contributed by atoms with Gasteiger partial charge in [0.15, 0.2) is 0 Å². The van der Waals surface area contributed by atoms with Gasteiger partial charge in [0.2, 0.25) is 5.91 Å².